The Morgan fingerprint density at radius 2 is 2.08 bits per heavy atom. The van der Waals surface area contributed by atoms with Gasteiger partial charge < -0.3 is 18.6 Å². The Morgan fingerprint density at radius 1 is 1.24 bits per heavy atom. The lowest BCUT2D eigenvalue weighted by molar-refractivity contribution is 0.0551. The molecule has 0 radical (unpaired) electrons. The first-order chi connectivity index (χ1) is 12.2. The van der Waals surface area contributed by atoms with E-state index in [1.165, 1.54) is 0 Å². The van der Waals surface area contributed by atoms with Crippen molar-refractivity contribution in [1.29, 1.82) is 0 Å². The fourth-order valence-corrected chi connectivity index (χ4v) is 3.58. The topological polar surface area (TPSA) is 41.1 Å². The fourth-order valence-electron chi connectivity index (χ4n) is 3.58. The molecule has 4 rings (SSSR count). The van der Waals surface area contributed by atoms with Crippen molar-refractivity contribution in [3.63, 3.8) is 0 Å². The number of rotatable bonds is 4. The van der Waals surface area contributed by atoms with E-state index in [-0.39, 0.29) is 11.9 Å². The zero-order valence-electron chi connectivity index (χ0n) is 14.5. The van der Waals surface area contributed by atoms with Crippen molar-refractivity contribution in [3.05, 3.63) is 66.4 Å². The maximum atomic E-state index is 13.3. The van der Waals surface area contributed by atoms with Crippen LogP contribution in [0.1, 0.15) is 29.0 Å². The molecule has 5 nitrogen and oxygen atoms in total. The van der Waals surface area contributed by atoms with Crippen molar-refractivity contribution in [2.75, 3.05) is 20.1 Å². The van der Waals surface area contributed by atoms with Crippen LogP contribution >= 0.6 is 0 Å². The van der Waals surface area contributed by atoms with Gasteiger partial charge in [0, 0.05) is 24.0 Å². The summed E-state index contributed by atoms with van der Waals surface area (Å²) in [6.07, 6.45) is 7.55. The first-order valence-corrected chi connectivity index (χ1v) is 8.79. The summed E-state index contributed by atoms with van der Waals surface area (Å²) >= 11 is 0. The molecule has 1 fully saturated rings. The second-order valence-corrected chi connectivity index (χ2v) is 6.81. The number of aromatic nitrogens is 1. The summed E-state index contributed by atoms with van der Waals surface area (Å²) in [5.41, 5.74) is 1.77. The van der Waals surface area contributed by atoms with E-state index in [1.807, 2.05) is 58.1 Å². The SMILES string of the molecule is CN1CCC(N(Cc2ccco2)C(=O)c2cc3ccccn3c2)CC1. The van der Waals surface area contributed by atoms with Crippen molar-refractivity contribution < 1.29 is 9.21 Å². The predicted octanol–water partition coefficient (Wildman–Crippen LogP) is 3.27. The van der Waals surface area contributed by atoms with Crippen LogP contribution in [0.2, 0.25) is 0 Å². The van der Waals surface area contributed by atoms with Gasteiger partial charge in [-0.3, -0.25) is 4.79 Å². The minimum absolute atomic E-state index is 0.0784. The molecule has 0 aromatic carbocycles. The number of carbonyl (C=O) groups is 1. The maximum Gasteiger partial charge on any atom is 0.256 e. The highest BCUT2D eigenvalue weighted by Crippen LogP contribution is 2.22. The van der Waals surface area contributed by atoms with Gasteiger partial charge in [-0.15, -0.1) is 0 Å². The average molecular weight is 337 g/mol. The monoisotopic (exact) mass is 337 g/mol. The van der Waals surface area contributed by atoms with Crippen LogP contribution in [0, 0.1) is 0 Å². The second kappa shape index (κ2) is 6.76. The largest absolute Gasteiger partial charge is 0.467 e. The molecule has 3 aromatic rings. The number of pyridine rings is 1. The molecule has 1 aliphatic rings. The van der Waals surface area contributed by atoms with Gasteiger partial charge in [0.2, 0.25) is 0 Å². The molecule has 0 unspecified atom stereocenters. The highest BCUT2D eigenvalue weighted by Gasteiger charge is 2.29. The molecule has 1 saturated heterocycles. The lowest BCUT2D eigenvalue weighted by atomic mass is 10.0. The Bertz CT molecular complexity index is 812. The number of nitrogens with zero attached hydrogens (tertiary/aromatic N) is 3. The first-order valence-electron chi connectivity index (χ1n) is 8.79. The molecule has 0 bridgehead atoms. The number of likely N-dealkylation sites (tertiary alicyclic amines) is 1. The van der Waals surface area contributed by atoms with Crippen molar-refractivity contribution in [2.24, 2.45) is 0 Å². The third-order valence-corrected chi connectivity index (χ3v) is 5.05. The molecule has 0 spiro atoms. The van der Waals surface area contributed by atoms with Crippen LogP contribution in [-0.2, 0) is 6.54 Å². The smallest absolute Gasteiger partial charge is 0.256 e. The summed E-state index contributed by atoms with van der Waals surface area (Å²) < 4.78 is 7.50. The highest BCUT2D eigenvalue weighted by atomic mass is 16.3. The van der Waals surface area contributed by atoms with Gasteiger partial charge in [-0.2, -0.15) is 0 Å². The molecule has 0 N–H and O–H groups in total. The number of carbonyl (C=O) groups excluding carboxylic acids is 1. The van der Waals surface area contributed by atoms with E-state index in [2.05, 4.69) is 11.9 Å². The van der Waals surface area contributed by atoms with Crippen LogP contribution < -0.4 is 0 Å². The van der Waals surface area contributed by atoms with Gasteiger partial charge in [0.05, 0.1) is 18.4 Å². The molecule has 4 heterocycles. The van der Waals surface area contributed by atoms with Gasteiger partial charge in [-0.05, 0) is 63.3 Å². The summed E-state index contributed by atoms with van der Waals surface area (Å²) in [5, 5.41) is 0. The van der Waals surface area contributed by atoms with E-state index >= 15 is 0 Å². The first kappa shape index (κ1) is 16.0. The fraction of sp³-hybridized carbons (Fsp3) is 0.350. The van der Waals surface area contributed by atoms with Gasteiger partial charge >= 0.3 is 0 Å². The van der Waals surface area contributed by atoms with Crippen LogP contribution in [0.4, 0.5) is 0 Å². The second-order valence-electron chi connectivity index (χ2n) is 6.81. The lowest BCUT2D eigenvalue weighted by Gasteiger charge is -2.36. The predicted molar refractivity (Wildman–Crippen MR) is 96.5 cm³/mol. The standard InChI is InChI=1S/C20H23N3O2/c1-21-10-7-17(8-11-21)23(15-19-6-4-12-25-19)20(24)16-13-18-5-2-3-9-22(18)14-16/h2-6,9,12-14,17H,7-8,10-11,15H2,1H3. The van der Waals surface area contributed by atoms with Crippen LogP contribution in [0.25, 0.3) is 5.52 Å². The minimum atomic E-state index is 0.0784. The Hall–Kier alpha value is -2.53. The normalized spacial score (nSPS) is 16.4. The van der Waals surface area contributed by atoms with Gasteiger partial charge in [0.1, 0.15) is 5.76 Å². The number of piperidine rings is 1. The number of amides is 1. The Labute approximate surface area is 147 Å². The molecule has 3 aromatic heterocycles. The third kappa shape index (κ3) is 3.33. The van der Waals surface area contributed by atoms with E-state index in [1.54, 1.807) is 6.26 Å². The number of hydrogen-bond acceptors (Lipinski definition) is 3. The van der Waals surface area contributed by atoms with Gasteiger partial charge in [0.25, 0.3) is 5.91 Å². The van der Waals surface area contributed by atoms with Crippen molar-refractivity contribution in [2.45, 2.75) is 25.4 Å². The van der Waals surface area contributed by atoms with Gasteiger partial charge in [-0.1, -0.05) is 6.07 Å². The molecule has 25 heavy (non-hydrogen) atoms. The van der Waals surface area contributed by atoms with Crippen molar-refractivity contribution in [1.82, 2.24) is 14.2 Å². The van der Waals surface area contributed by atoms with Crippen molar-refractivity contribution >= 4 is 11.4 Å². The Balaban J connectivity index is 1.62. The molecular weight excluding hydrogens is 314 g/mol. The van der Waals surface area contributed by atoms with E-state index in [0.29, 0.717) is 6.54 Å². The highest BCUT2D eigenvalue weighted by molar-refractivity contribution is 5.95. The van der Waals surface area contributed by atoms with E-state index < -0.39 is 0 Å². The molecular formula is C20H23N3O2. The van der Waals surface area contributed by atoms with Crippen molar-refractivity contribution in [3.8, 4) is 0 Å². The quantitative estimate of drug-likeness (QED) is 0.734. The lowest BCUT2D eigenvalue weighted by Crippen LogP contribution is -2.46. The molecule has 5 heteroatoms. The van der Waals surface area contributed by atoms with E-state index in [4.69, 9.17) is 4.42 Å². The van der Waals surface area contributed by atoms with Crippen LogP contribution in [0.15, 0.2) is 59.5 Å². The Morgan fingerprint density at radius 3 is 2.80 bits per heavy atom. The summed E-state index contributed by atoms with van der Waals surface area (Å²) in [6.45, 7) is 2.56. The molecule has 0 atom stereocenters. The van der Waals surface area contributed by atoms with Gasteiger partial charge in [0.15, 0.2) is 0 Å². The third-order valence-electron chi connectivity index (χ3n) is 5.05. The zero-order chi connectivity index (χ0) is 17.2. The average Bonchev–Trinajstić information content (AvgIpc) is 3.29. The summed E-state index contributed by atoms with van der Waals surface area (Å²) in [5.74, 6) is 0.908. The summed E-state index contributed by atoms with van der Waals surface area (Å²) in [4.78, 5) is 17.6. The zero-order valence-corrected chi connectivity index (χ0v) is 14.5. The van der Waals surface area contributed by atoms with Crippen LogP contribution in [0.5, 0.6) is 0 Å². The summed E-state index contributed by atoms with van der Waals surface area (Å²) in [7, 11) is 2.13. The maximum absolute atomic E-state index is 13.3. The molecule has 0 saturated carbocycles. The number of fused-ring (bicyclic) bond motifs is 1. The molecule has 1 aliphatic heterocycles. The number of furan rings is 1. The van der Waals surface area contributed by atoms with Gasteiger partial charge in [-0.25, -0.2) is 0 Å². The van der Waals surface area contributed by atoms with Crippen LogP contribution in [0.3, 0.4) is 0 Å². The summed E-state index contributed by atoms with van der Waals surface area (Å²) in [6, 6.07) is 12.0. The molecule has 0 aliphatic carbocycles. The minimum Gasteiger partial charge on any atom is -0.467 e. The van der Waals surface area contributed by atoms with Crippen LogP contribution in [-0.4, -0.2) is 46.3 Å². The van der Waals surface area contributed by atoms with E-state index in [9.17, 15) is 4.79 Å². The number of hydrogen-bond donors (Lipinski definition) is 0. The van der Waals surface area contributed by atoms with E-state index in [0.717, 1.165) is 42.8 Å². The molecule has 1 amide bonds. The molecule has 130 valence electrons. The Kier molecular flexibility index (Phi) is 4.32.